The van der Waals surface area contributed by atoms with Gasteiger partial charge in [-0.3, -0.25) is 9.89 Å². The molecule has 1 aliphatic heterocycles. The van der Waals surface area contributed by atoms with E-state index in [1.807, 2.05) is 12.1 Å². The predicted octanol–water partition coefficient (Wildman–Crippen LogP) is 2.91. The third-order valence-electron chi connectivity index (χ3n) is 4.41. The van der Waals surface area contributed by atoms with Crippen LogP contribution in [0.1, 0.15) is 12.5 Å². The van der Waals surface area contributed by atoms with Gasteiger partial charge in [-0.05, 0) is 31.7 Å². The quantitative estimate of drug-likeness (QED) is 0.371. The van der Waals surface area contributed by atoms with Gasteiger partial charge in [-0.25, -0.2) is 0 Å². The first-order valence-electron chi connectivity index (χ1n) is 8.30. The van der Waals surface area contributed by atoms with Crippen LogP contribution in [0.25, 0.3) is 0 Å². The second kappa shape index (κ2) is 11.4. The minimum Gasteiger partial charge on any atom is -0.355 e. The number of nitrogens with zero attached hydrogens (tertiary/aromatic N) is 3. The zero-order valence-electron chi connectivity index (χ0n) is 15.1. The summed E-state index contributed by atoms with van der Waals surface area (Å²) in [5.41, 5.74) is 0.996. The van der Waals surface area contributed by atoms with Crippen LogP contribution in [0.2, 0.25) is 10.0 Å². The molecule has 142 valence electrons. The van der Waals surface area contributed by atoms with E-state index < -0.39 is 0 Å². The summed E-state index contributed by atoms with van der Waals surface area (Å²) in [6.45, 7) is 8.22. The maximum atomic E-state index is 6.20. The molecule has 25 heavy (non-hydrogen) atoms. The Morgan fingerprint density at radius 1 is 1.20 bits per heavy atom. The standard InChI is InChI=1S/C17H27Cl2N5.HI/c1-13(24-8-6-23(3)7-9-24)11-21-17(20-2)22-12-14-4-5-15(18)10-16(14)19;/h4-5,10,13H,6-9,11-12H2,1-3H3,(H2,20,21,22);1H. The number of likely N-dealkylation sites (N-methyl/N-ethyl adjacent to an activating group) is 1. The first-order chi connectivity index (χ1) is 11.5. The lowest BCUT2D eigenvalue weighted by Gasteiger charge is -2.36. The van der Waals surface area contributed by atoms with Gasteiger partial charge in [-0.15, -0.1) is 24.0 Å². The van der Waals surface area contributed by atoms with Crippen LogP contribution in [0.15, 0.2) is 23.2 Å². The van der Waals surface area contributed by atoms with Gasteiger partial charge in [0.05, 0.1) is 0 Å². The maximum Gasteiger partial charge on any atom is 0.191 e. The van der Waals surface area contributed by atoms with Crippen molar-refractivity contribution in [1.82, 2.24) is 20.4 Å². The van der Waals surface area contributed by atoms with Crippen LogP contribution < -0.4 is 10.6 Å². The van der Waals surface area contributed by atoms with Crippen LogP contribution in [-0.2, 0) is 6.54 Å². The van der Waals surface area contributed by atoms with Gasteiger partial charge >= 0.3 is 0 Å². The topological polar surface area (TPSA) is 42.9 Å². The molecular weight excluding hydrogens is 472 g/mol. The van der Waals surface area contributed by atoms with Gasteiger partial charge < -0.3 is 15.5 Å². The van der Waals surface area contributed by atoms with E-state index in [0.717, 1.165) is 44.2 Å². The van der Waals surface area contributed by atoms with Crippen LogP contribution in [0, 0.1) is 0 Å². The minimum atomic E-state index is 0. The molecule has 5 nitrogen and oxygen atoms in total. The molecule has 2 rings (SSSR count). The average molecular weight is 500 g/mol. The van der Waals surface area contributed by atoms with Gasteiger partial charge in [0.1, 0.15) is 0 Å². The monoisotopic (exact) mass is 499 g/mol. The van der Waals surface area contributed by atoms with Gasteiger partial charge in [0.2, 0.25) is 0 Å². The van der Waals surface area contributed by atoms with Crippen molar-refractivity contribution in [1.29, 1.82) is 0 Å². The molecule has 1 saturated heterocycles. The highest BCUT2D eigenvalue weighted by molar-refractivity contribution is 14.0. The van der Waals surface area contributed by atoms with E-state index in [1.54, 1.807) is 13.1 Å². The first kappa shape index (κ1) is 22.8. The summed E-state index contributed by atoms with van der Waals surface area (Å²) in [5.74, 6) is 0.780. The number of guanidine groups is 1. The van der Waals surface area contributed by atoms with Crippen molar-refractivity contribution in [3.05, 3.63) is 33.8 Å². The van der Waals surface area contributed by atoms with E-state index in [0.29, 0.717) is 22.6 Å². The van der Waals surface area contributed by atoms with Gasteiger partial charge in [-0.1, -0.05) is 29.3 Å². The third kappa shape index (κ3) is 7.46. The smallest absolute Gasteiger partial charge is 0.191 e. The molecule has 1 atom stereocenters. The van der Waals surface area contributed by atoms with Gasteiger partial charge in [0.15, 0.2) is 5.96 Å². The Kier molecular flexibility index (Phi) is 10.4. The van der Waals surface area contributed by atoms with Crippen LogP contribution in [0.3, 0.4) is 0 Å². The lowest BCUT2D eigenvalue weighted by atomic mass is 10.2. The summed E-state index contributed by atoms with van der Waals surface area (Å²) in [6.07, 6.45) is 0. The van der Waals surface area contributed by atoms with E-state index in [-0.39, 0.29) is 24.0 Å². The molecule has 1 heterocycles. The highest BCUT2D eigenvalue weighted by atomic mass is 127. The summed E-state index contributed by atoms with van der Waals surface area (Å²) >= 11 is 12.1. The molecule has 0 radical (unpaired) electrons. The van der Waals surface area contributed by atoms with Gasteiger partial charge in [0.25, 0.3) is 0 Å². The number of halogens is 3. The van der Waals surface area contributed by atoms with Crippen molar-refractivity contribution in [3.8, 4) is 0 Å². The average Bonchev–Trinajstić information content (AvgIpc) is 2.57. The Bertz CT molecular complexity index is 562. The second-order valence-corrected chi connectivity index (χ2v) is 7.07. The maximum absolute atomic E-state index is 6.20. The number of rotatable bonds is 5. The number of hydrogen-bond acceptors (Lipinski definition) is 3. The van der Waals surface area contributed by atoms with Crippen LogP contribution in [0.5, 0.6) is 0 Å². The van der Waals surface area contributed by atoms with Crippen molar-refractivity contribution in [2.75, 3.05) is 46.8 Å². The third-order valence-corrected chi connectivity index (χ3v) is 5.00. The Balaban J connectivity index is 0.00000312. The van der Waals surface area contributed by atoms with E-state index in [1.165, 1.54) is 0 Å². The van der Waals surface area contributed by atoms with Crippen molar-refractivity contribution in [2.45, 2.75) is 19.5 Å². The Morgan fingerprint density at radius 3 is 2.48 bits per heavy atom. The molecule has 1 fully saturated rings. The van der Waals surface area contributed by atoms with Crippen LogP contribution in [-0.4, -0.2) is 68.6 Å². The highest BCUT2D eigenvalue weighted by Crippen LogP contribution is 2.20. The SMILES string of the molecule is CN=C(NCc1ccc(Cl)cc1Cl)NCC(C)N1CCN(C)CC1.I. The van der Waals surface area contributed by atoms with Crippen molar-refractivity contribution in [2.24, 2.45) is 4.99 Å². The fourth-order valence-corrected chi connectivity index (χ4v) is 3.18. The molecule has 8 heteroatoms. The number of nitrogens with one attached hydrogen (secondary N) is 2. The Labute approximate surface area is 178 Å². The number of piperazine rings is 1. The lowest BCUT2D eigenvalue weighted by molar-refractivity contribution is 0.120. The van der Waals surface area contributed by atoms with E-state index in [2.05, 4.69) is 39.4 Å². The van der Waals surface area contributed by atoms with E-state index in [4.69, 9.17) is 23.2 Å². The molecule has 1 aromatic rings. The fourth-order valence-electron chi connectivity index (χ4n) is 2.70. The Morgan fingerprint density at radius 2 is 1.88 bits per heavy atom. The van der Waals surface area contributed by atoms with E-state index >= 15 is 0 Å². The fraction of sp³-hybridized carbons (Fsp3) is 0.588. The van der Waals surface area contributed by atoms with E-state index in [9.17, 15) is 0 Å². The van der Waals surface area contributed by atoms with Crippen molar-refractivity contribution >= 4 is 53.1 Å². The zero-order valence-corrected chi connectivity index (χ0v) is 18.9. The molecule has 1 unspecified atom stereocenters. The Hall–Kier alpha value is -0.280. The summed E-state index contributed by atoms with van der Waals surface area (Å²) in [6, 6.07) is 6.00. The molecule has 1 aromatic carbocycles. The number of aliphatic imine (C=N–C) groups is 1. The largest absolute Gasteiger partial charge is 0.355 e. The summed E-state index contributed by atoms with van der Waals surface area (Å²) in [5, 5.41) is 8.00. The second-order valence-electron chi connectivity index (χ2n) is 6.23. The molecule has 1 aliphatic rings. The molecule has 2 N–H and O–H groups in total. The molecule has 0 saturated carbocycles. The van der Waals surface area contributed by atoms with Gasteiger partial charge in [-0.2, -0.15) is 0 Å². The zero-order chi connectivity index (χ0) is 17.5. The summed E-state index contributed by atoms with van der Waals surface area (Å²) in [7, 11) is 3.95. The molecule has 0 aromatic heterocycles. The lowest BCUT2D eigenvalue weighted by Crippen LogP contribution is -2.52. The predicted molar refractivity (Wildman–Crippen MR) is 119 cm³/mol. The minimum absolute atomic E-state index is 0. The highest BCUT2D eigenvalue weighted by Gasteiger charge is 2.19. The normalized spacial score (nSPS) is 17.7. The molecule has 0 amide bonds. The number of benzene rings is 1. The molecule has 0 bridgehead atoms. The first-order valence-corrected chi connectivity index (χ1v) is 9.06. The van der Waals surface area contributed by atoms with Crippen molar-refractivity contribution < 1.29 is 0 Å². The molecule has 0 aliphatic carbocycles. The van der Waals surface area contributed by atoms with Gasteiger partial charge in [0, 0.05) is 62.4 Å². The summed E-state index contributed by atoms with van der Waals surface area (Å²) in [4.78, 5) is 9.16. The molecular formula is C17H28Cl2IN5. The summed E-state index contributed by atoms with van der Waals surface area (Å²) < 4.78 is 0. The van der Waals surface area contributed by atoms with Crippen LogP contribution in [0.4, 0.5) is 0 Å². The number of hydrogen-bond donors (Lipinski definition) is 2. The molecule has 0 spiro atoms. The van der Waals surface area contributed by atoms with Crippen molar-refractivity contribution in [3.63, 3.8) is 0 Å². The van der Waals surface area contributed by atoms with Crippen LogP contribution >= 0.6 is 47.2 Å².